The van der Waals surface area contributed by atoms with Gasteiger partial charge < -0.3 is 4.90 Å². The smallest absolute Gasteiger partial charge is 0.0540 e. The zero-order valence-corrected chi connectivity index (χ0v) is 32.6. The van der Waals surface area contributed by atoms with Crippen LogP contribution in [-0.2, 0) is 0 Å². The molecule has 0 spiro atoms. The van der Waals surface area contributed by atoms with E-state index in [1.54, 1.807) is 0 Å². The summed E-state index contributed by atoms with van der Waals surface area (Å²) in [6.07, 6.45) is 0. The van der Waals surface area contributed by atoms with E-state index in [-0.39, 0.29) is 0 Å². The van der Waals surface area contributed by atoms with Crippen molar-refractivity contribution >= 4 is 27.8 Å². The summed E-state index contributed by atoms with van der Waals surface area (Å²) in [4.78, 5) is 2.37. The summed E-state index contributed by atoms with van der Waals surface area (Å²) < 4.78 is 0. The van der Waals surface area contributed by atoms with Gasteiger partial charge in [-0.15, -0.1) is 0 Å². The van der Waals surface area contributed by atoms with Gasteiger partial charge in [0, 0.05) is 16.9 Å². The minimum Gasteiger partial charge on any atom is -0.310 e. The van der Waals surface area contributed by atoms with Gasteiger partial charge in [0.2, 0.25) is 0 Å². The molecule has 59 heavy (non-hydrogen) atoms. The fourth-order valence-corrected chi connectivity index (χ4v) is 8.78. The van der Waals surface area contributed by atoms with E-state index in [2.05, 4.69) is 254 Å². The van der Waals surface area contributed by atoms with Crippen LogP contribution in [0.15, 0.2) is 249 Å². The lowest BCUT2D eigenvalue weighted by atomic mass is 9.77. The summed E-state index contributed by atoms with van der Waals surface area (Å²) in [5, 5.41) is 2.44. The van der Waals surface area contributed by atoms with Gasteiger partial charge in [0.15, 0.2) is 0 Å². The van der Waals surface area contributed by atoms with Gasteiger partial charge in [0.1, 0.15) is 0 Å². The zero-order valence-electron chi connectivity index (χ0n) is 32.6. The third-order valence-electron chi connectivity index (χ3n) is 11.3. The van der Waals surface area contributed by atoms with Crippen LogP contribution in [0.2, 0.25) is 0 Å². The molecule has 10 aromatic carbocycles. The lowest BCUT2D eigenvalue weighted by molar-refractivity contribution is 1.28. The van der Waals surface area contributed by atoms with E-state index in [9.17, 15) is 0 Å². The Kier molecular flexibility index (Phi) is 9.68. The molecule has 10 aromatic rings. The lowest BCUT2D eigenvalue weighted by Gasteiger charge is -2.29. The summed E-state index contributed by atoms with van der Waals surface area (Å²) in [7, 11) is 0. The molecular formula is C58H41N. The fraction of sp³-hybridized carbons (Fsp3) is 0. The van der Waals surface area contributed by atoms with Gasteiger partial charge in [-0.2, -0.15) is 0 Å². The zero-order chi connectivity index (χ0) is 39.4. The van der Waals surface area contributed by atoms with Crippen LogP contribution in [0.3, 0.4) is 0 Å². The number of rotatable bonds is 9. The van der Waals surface area contributed by atoms with Crippen molar-refractivity contribution < 1.29 is 0 Å². The molecule has 0 aliphatic carbocycles. The van der Waals surface area contributed by atoms with E-state index >= 15 is 0 Å². The number of fused-ring (bicyclic) bond motifs is 1. The molecule has 0 aliphatic rings. The highest BCUT2D eigenvalue weighted by Gasteiger charge is 2.27. The third kappa shape index (κ3) is 6.69. The van der Waals surface area contributed by atoms with Crippen LogP contribution in [0.1, 0.15) is 0 Å². The standard InChI is InChI=1S/C58H41N/c1-7-24-42(25-8-1)54-52-40-23-39-51(58(52)57(45-30-13-4-14-31-45)56(44-28-11-3-12-29-44)55(54)43-26-9-2-10-27-43)49-37-20-19-36-48(49)50-38-21-22-41-53(50)59(46-32-15-5-16-33-46)47-34-17-6-18-35-47/h1-41H. The van der Waals surface area contributed by atoms with Crippen molar-refractivity contribution in [1.29, 1.82) is 0 Å². The molecule has 0 aliphatic heterocycles. The van der Waals surface area contributed by atoms with Crippen LogP contribution in [0.25, 0.3) is 77.5 Å². The van der Waals surface area contributed by atoms with E-state index in [0.29, 0.717) is 0 Å². The largest absolute Gasteiger partial charge is 0.310 e. The van der Waals surface area contributed by atoms with E-state index in [4.69, 9.17) is 0 Å². The molecule has 0 amide bonds. The number of nitrogens with zero attached hydrogens (tertiary/aromatic N) is 1. The molecule has 0 saturated carbocycles. The second-order valence-electron chi connectivity index (χ2n) is 14.8. The van der Waals surface area contributed by atoms with Crippen molar-refractivity contribution in [3.63, 3.8) is 0 Å². The second-order valence-corrected chi connectivity index (χ2v) is 14.8. The normalized spacial score (nSPS) is 11.1. The first-order valence-electron chi connectivity index (χ1n) is 20.3. The first-order valence-corrected chi connectivity index (χ1v) is 20.3. The average molecular weight is 752 g/mol. The molecule has 0 N–H and O–H groups in total. The van der Waals surface area contributed by atoms with Crippen molar-refractivity contribution in [2.45, 2.75) is 0 Å². The Morgan fingerprint density at radius 3 is 1.05 bits per heavy atom. The summed E-state index contributed by atoms with van der Waals surface area (Å²) in [5.41, 5.74) is 17.6. The second kappa shape index (κ2) is 16.0. The minimum atomic E-state index is 1.11. The molecule has 0 bridgehead atoms. The lowest BCUT2D eigenvalue weighted by Crippen LogP contribution is -2.11. The molecule has 0 atom stereocenters. The molecule has 1 heteroatoms. The summed E-state index contributed by atoms with van der Waals surface area (Å²) >= 11 is 0. The molecule has 0 aromatic heterocycles. The third-order valence-corrected chi connectivity index (χ3v) is 11.3. The topological polar surface area (TPSA) is 3.24 Å². The van der Waals surface area contributed by atoms with Crippen molar-refractivity contribution in [1.82, 2.24) is 0 Å². The van der Waals surface area contributed by atoms with Crippen LogP contribution in [0.5, 0.6) is 0 Å². The predicted molar refractivity (Wildman–Crippen MR) is 251 cm³/mol. The molecule has 0 radical (unpaired) electrons. The minimum absolute atomic E-state index is 1.11. The number of anilines is 3. The van der Waals surface area contributed by atoms with Crippen molar-refractivity contribution in [3.8, 4) is 66.8 Å². The molecule has 1 nitrogen and oxygen atoms in total. The highest BCUT2D eigenvalue weighted by atomic mass is 15.1. The van der Waals surface area contributed by atoms with Gasteiger partial charge in [0.05, 0.1) is 5.69 Å². The summed E-state index contributed by atoms with van der Waals surface area (Å²) in [6, 6.07) is 89.9. The maximum atomic E-state index is 2.37. The van der Waals surface area contributed by atoms with Crippen molar-refractivity contribution in [3.05, 3.63) is 249 Å². The first kappa shape index (κ1) is 35.7. The number of para-hydroxylation sites is 3. The van der Waals surface area contributed by atoms with Crippen LogP contribution in [0, 0.1) is 0 Å². The van der Waals surface area contributed by atoms with Gasteiger partial charge in [-0.1, -0.05) is 218 Å². The Morgan fingerprint density at radius 1 is 0.220 bits per heavy atom. The maximum absolute atomic E-state index is 2.37. The molecular weight excluding hydrogens is 711 g/mol. The Hall–Kier alpha value is -7.74. The number of hydrogen-bond acceptors (Lipinski definition) is 1. The molecule has 10 rings (SSSR count). The van der Waals surface area contributed by atoms with E-state index in [1.807, 2.05) is 0 Å². The average Bonchev–Trinajstić information content (AvgIpc) is 3.32. The SMILES string of the molecule is c1ccc(-c2c(-c3ccccc3)c(-c3ccccc3)c3c(-c4ccccc4-c4ccccc4N(c4ccccc4)c4ccccc4)cccc3c2-c2ccccc2)cc1. The quantitative estimate of drug-likeness (QED) is 0.142. The summed E-state index contributed by atoms with van der Waals surface area (Å²) in [5.74, 6) is 0. The summed E-state index contributed by atoms with van der Waals surface area (Å²) in [6.45, 7) is 0. The van der Waals surface area contributed by atoms with E-state index < -0.39 is 0 Å². The first-order chi connectivity index (χ1) is 29.3. The van der Waals surface area contributed by atoms with Crippen molar-refractivity contribution in [2.24, 2.45) is 0 Å². The monoisotopic (exact) mass is 751 g/mol. The van der Waals surface area contributed by atoms with Gasteiger partial charge in [-0.05, 0) is 102 Å². The molecule has 0 heterocycles. The molecule has 0 fully saturated rings. The highest BCUT2D eigenvalue weighted by molar-refractivity contribution is 6.22. The molecule has 0 unspecified atom stereocenters. The number of hydrogen-bond donors (Lipinski definition) is 0. The van der Waals surface area contributed by atoms with Gasteiger partial charge in [0.25, 0.3) is 0 Å². The predicted octanol–water partition coefficient (Wildman–Crippen LogP) is 16.3. The Balaban J connectivity index is 1.35. The fourth-order valence-electron chi connectivity index (χ4n) is 8.78. The Bertz CT molecular complexity index is 2960. The Morgan fingerprint density at radius 2 is 0.559 bits per heavy atom. The van der Waals surface area contributed by atoms with Gasteiger partial charge >= 0.3 is 0 Å². The van der Waals surface area contributed by atoms with Crippen molar-refractivity contribution in [2.75, 3.05) is 4.90 Å². The van der Waals surface area contributed by atoms with E-state index in [0.717, 1.165) is 22.6 Å². The molecule has 278 valence electrons. The van der Waals surface area contributed by atoms with Crippen LogP contribution >= 0.6 is 0 Å². The highest BCUT2D eigenvalue weighted by Crippen LogP contribution is 2.54. The van der Waals surface area contributed by atoms with Gasteiger partial charge in [-0.25, -0.2) is 0 Å². The van der Waals surface area contributed by atoms with Crippen LogP contribution in [-0.4, -0.2) is 0 Å². The maximum Gasteiger partial charge on any atom is 0.0540 e. The van der Waals surface area contributed by atoms with Gasteiger partial charge in [-0.3, -0.25) is 0 Å². The number of benzene rings is 10. The van der Waals surface area contributed by atoms with Crippen LogP contribution in [0.4, 0.5) is 17.1 Å². The molecule has 0 saturated heterocycles. The van der Waals surface area contributed by atoms with Crippen LogP contribution < -0.4 is 4.90 Å². The Labute approximate surface area is 346 Å². The van der Waals surface area contributed by atoms with E-state index in [1.165, 1.54) is 72.0 Å².